The van der Waals surface area contributed by atoms with Crippen molar-refractivity contribution in [1.29, 1.82) is 0 Å². The van der Waals surface area contributed by atoms with Gasteiger partial charge in [-0.2, -0.15) is 0 Å². The van der Waals surface area contributed by atoms with E-state index in [4.69, 9.17) is 15.9 Å². The largest absolute Gasteiger partial charge is 1.00 e. The van der Waals surface area contributed by atoms with E-state index in [0.717, 1.165) is 19.4 Å². The Bertz CT molecular complexity index is 498. The number of nitrogens with one attached hydrogen (secondary N) is 2. The molecule has 0 aromatic carbocycles. The third-order valence-corrected chi connectivity index (χ3v) is 2.91. The molecule has 0 bridgehead atoms. The van der Waals surface area contributed by atoms with Crippen molar-refractivity contribution >= 4 is 41.2 Å². The topological polar surface area (TPSA) is 168 Å². The zero-order chi connectivity index (χ0) is 24.8. The van der Waals surface area contributed by atoms with Crippen molar-refractivity contribution in [2.75, 3.05) is 13.2 Å². The summed E-state index contributed by atoms with van der Waals surface area (Å²) in [6.45, 7) is 13.1. The van der Waals surface area contributed by atoms with Crippen LogP contribution < -0.4 is 35.2 Å². The van der Waals surface area contributed by atoms with Crippen LogP contribution in [0.2, 0.25) is 0 Å². The van der Waals surface area contributed by atoms with Crippen molar-refractivity contribution in [3.8, 4) is 0 Å². The summed E-state index contributed by atoms with van der Waals surface area (Å²) in [5.41, 5.74) is 5.11. The first kappa shape index (κ1) is 42.3. The number of hydrogen-bond donors (Lipinski definition) is 5. The Morgan fingerprint density at radius 1 is 1.00 bits per heavy atom. The molecule has 1 saturated heterocycles. The minimum atomic E-state index is -0.941. The fourth-order valence-corrected chi connectivity index (χ4v) is 1.68. The van der Waals surface area contributed by atoms with E-state index in [-0.39, 0.29) is 75.3 Å². The van der Waals surface area contributed by atoms with Gasteiger partial charge in [0.05, 0.1) is 19.3 Å². The third kappa shape index (κ3) is 49.3. The molecule has 0 radical (unpaired) electrons. The van der Waals surface area contributed by atoms with Crippen LogP contribution in [0.25, 0.3) is 0 Å². The zero-order valence-corrected chi connectivity index (χ0v) is 20.9. The van der Waals surface area contributed by atoms with E-state index in [1.54, 1.807) is 0 Å². The quantitative estimate of drug-likeness (QED) is 0.100. The fourth-order valence-electron chi connectivity index (χ4n) is 1.68. The number of aliphatic hydroxyl groups excluding tert-OH is 1. The zero-order valence-electron chi connectivity index (χ0n) is 21.9. The van der Waals surface area contributed by atoms with E-state index in [1.807, 2.05) is 27.7 Å². The smallest absolute Gasteiger partial charge is 1.00 e. The number of carboxylic acids is 1. The maximum Gasteiger partial charge on any atom is 1.00 e. The van der Waals surface area contributed by atoms with E-state index >= 15 is 0 Å². The average molecular weight is 488 g/mol. The molecule has 0 saturated carbocycles. The molecule has 0 aromatic heterocycles. The standard InChI is InChI=1S/C7H13NO3.C7H17NO.C4H4O3.C3H9N.Al.Li.4H/c1-5(2)8-6(9)3-4-7(10)11;1-7(2)8-5-3-4-6-9;5-3-1-2-4(6)7-3;1-3(2)4;;;;;;/h5H,3-4H2,1-2H3,(H,8,9)(H,10,11);7-9H,3-6H2,1-2H3;1-2H2;3H,4H2,1-2H3;;;;;;/q;;;;;+1;;;;-1. The van der Waals surface area contributed by atoms with Crippen LogP contribution in [0.1, 0.15) is 81.5 Å². The number of carbonyl (C=O) groups excluding carboxylic acids is 3. The Hall–Kier alpha value is -0.910. The number of hydrogen-bond acceptors (Lipinski definition) is 8. The number of amides is 1. The SMILES string of the molecule is CC(C)N.CC(C)NC(=O)CCC(=O)O.CC(C)NCCCCO.O=C1CCC(=O)O1.[AlH3].[H-].[Li+]. The molecule has 192 valence electrons. The molecule has 10 nitrogen and oxygen atoms in total. The summed E-state index contributed by atoms with van der Waals surface area (Å²) in [6.07, 6.45) is 2.48. The average Bonchev–Trinajstić information content (AvgIpc) is 3.00. The van der Waals surface area contributed by atoms with E-state index in [9.17, 15) is 19.2 Å². The van der Waals surface area contributed by atoms with Crippen LogP contribution in [0, 0.1) is 0 Å². The first-order chi connectivity index (χ1) is 14.3. The van der Waals surface area contributed by atoms with Gasteiger partial charge in [0.1, 0.15) is 0 Å². The minimum absolute atomic E-state index is 0. The van der Waals surface area contributed by atoms with Gasteiger partial charge in [0.2, 0.25) is 5.91 Å². The van der Waals surface area contributed by atoms with E-state index in [2.05, 4.69) is 29.2 Å². The molecule has 33 heavy (non-hydrogen) atoms. The molecule has 1 aliphatic rings. The summed E-state index contributed by atoms with van der Waals surface area (Å²) < 4.78 is 4.08. The Labute approximate surface area is 222 Å². The van der Waals surface area contributed by atoms with Crippen LogP contribution in [0.3, 0.4) is 0 Å². The van der Waals surface area contributed by atoms with Gasteiger partial charge in [-0.1, -0.05) is 27.7 Å². The first-order valence-electron chi connectivity index (χ1n) is 10.7. The number of aliphatic carboxylic acids is 1. The number of ether oxygens (including phenoxy) is 1. The monoisotopic (exact) mass is 487 g/mol. The summed E-state index contributed by atoms with van der Waals surface area (Å²) in [6, 6.07) is 0.986. The summed E-state index contributed by atoms with van der Waals surface area (Å²) in [7, 11) is 0. The van der Waals surface area contributed by atoms with Crippen molar-refractivity contribution in [2.24, 2.45) is 5.73 Å². The molecule has 0 atom stereocenters. The van der Waals surface area contributed by atoms with E-state index < -0.39 is 17.9 Å². The van der Waals surface area contributed by atoms with E-state index in [1.165, 1.54) is 0 Å². The summed E-state index contributed by atoms with van der Waals surface area (Å²) in [4.78, 5) is 40.8. The molecule has 6 N–H and O–H groups in total. The van der Waals surface area contributed by atoms with Crippen LogP contribution in [-0.4, -0.2) is 82.7 Å². The Balaban J connectivity index is -0.0000000780. The van der Waals surface area contributed by atoms with E-state index in [0.29, 0.717) is 18.7 Å². The van der Waals surface area contributed by atoms with Gasteiger partial charge in [0.15, 0.2) is 17.4 Å². The molecule has 0 spiro atoms. The van der Waals surface area contributed by atoms with Gasteiger partial charge in [-0.3, -0.25) is 19.2 Å². The van der Waals surface area contributed by atoms with Gasteiger partial charge in [-0.25, -0.2) is 0 Å². The molecule has 1 heterocycles. The second-order valence-electron chi connectivity index (χ2n) is 7.75. The second-order valence-corrected chi connectivity index (χ2v) is 7.75. The number of esters is 2. The van der Waals surface area contributed by atoms with Crippen molar-refractivity contribution in [3.63, 3.8) is 0 Å². The van der Waals surface area contributed by atoms with Gasteiger partial charge in [0, 0.05) is 25.1 Å². The fraction of sp³-hybridized carbons (Fsp3) is 0.810. The molecular weight excluding hydrogens is 440 g/mol. The minimum Gasteiger partial charge on any atom is -1.00 e. The van der Waals surface area contributed by atoms with Gasteiger partial charge < -0.3 is 32.7 Å². The normalized spacial score (nSPS) is 11.5. The number of aliphatic hydroxyl groups is 1. The second kappa shape index (κ2) is 29.1. The van der Waals surface area contributed by atoms with Crippen LogP contribution in [0.15, 0.2) is 0 Å². The van der Waals surface area contributed by atoms with Gasteiger partial charge >= 0.3 is 36.8 Å². The van der Waals surface area contributed by atoms with Crippen molar-refractivity contribution in [2.45, 2.75) is 98.2 Å². The Kier molecular flexibility index (Phi) is 37.3. The first-order valence-corrected chi connectivity index (χ1v) is 10.7. The maximum atomic E-state index is 10.8. The van der Waals surface area contributed by atoms with Crippen LogP contribution in [-0.2, 0) is 23.9 Å². The predicted molar refractivity (Wildman–Crippen MR) is 130 cm³/mol. The van der Waals surface area contributed by atoms with Gasteiger partial charge in [-0.05, 0) is 39.3 Å². The molecule has 1 amide bonds. The van der Waals surface area contributed by atoms with Crippen LogP contribution in [0.4, 0.5) is 0 Å². The number of carbonyl (C=O) groups is 4. The number of unbranched alkanes of at least 4 members (excludes halogenated alkanes) is 1. The van der Waals surface area contributed by atoms with Crippen molar-refractivity contribution < 1.29 is 54.4 Å². The molecule has 0 unspecified atom stereocenters. The molecule has 1 aliphatic heterocycles. The number of carboxylic acid groups (broad SMARTS) is 1. The molecule has 1 rings (SSSR count). The number of nitrogens with two attached hydrogens (primary N) is 1. The number of cyclic esters (lactones) is 2. The Morgan fingerprint density at radius 2 is 1.45 bits per heavy atom. The summed E-state index contributed by atoms with van der Waals surface area (Å²) in [5, 5.41) is 22.5. The maximum absolute atomic E-state index is 10.8. The molecular formula is C21H47AlLiN3O7. The molecule has 0 aliphatic carbocycles. The van der Waals surface area contributed by atoms with Crippen molar-refractivity contribution in [1.82, 2.24) is 10.6 Å². The molecule has 0 aromatic rings. The molecule has 12 heteroatoms. The van der Waals surface area contributed by atoms with Crippen molar-refractivity contribution in [3.05, 3.63) is 0 Å². The predicted octanol–water partition coefficient (Wildman–Crippen LogP) is -2.73. The molecule has 1 fully saturated rings. The van der Waals surface area contributed by atoms with Crippen LogP contribution >= 0.6 is 0 Å². The summed E-state index contributed by atoms with van der Waals surface area (Å²) in [5.74, 6) is -1.94. The third-order valence-electron chi connectivity index (χ3n) is 2.91. The van der Waals surface area contributed by atoms with Crippen LogP contribution in [0.5, 0.6) is 0 Å². The van der Waals surface area contributed by atoms with Gasteiger partial charge in [-0.15, -0.1) is 0 Å². The summed E-state index contributed by atoms with van der Waals surface area (Å²) >= 11 is 0. The Morgan fingerprint density at radius 3 is 1.73 bits per heavy atom. The number of rotatable bonds is 9. The van der Waals surface area contributed by atoms with Gasteiger partial charge in [0.25, 0.3) is 0 Å².